The second-order valence-corrected chi connectivity index (χ2v) is 10.1. The molecule has 2 unspecified atom stereocenters. The smallest absolute Gasteiger partial charge is 0.263 e. The second kappa shape index (κ2) is 14.4. The van der Waals surface area contributed by atoms with Crippen molar-refractivity contribution in [3.63, 3.8) is 0 Å². The number of ether oxygens (including phenoxy) is 2. The number of methoxy groups -OCH3 is 1. The largest absolute Gasteiger partial charge is 0.397 e. The van der Waals surface area contributed by atoms with Crippen LogP contribution in [-0.2, 0) is 22.3 Å². The van der Waals surface area contributed by atoms with Gasteiger partial charge in [0.15, 0.2) is 0 Å². The highest BCUT2D eigenvalue weighted by Crippen LogP contribution is 2.33. The molecule has 208 valence electrons. The van der Waals surface area contributed by atoms with E-state index in [0.717, 1.165) is 66.2 Å². The lowest BCUT2D eigenvalue weighted by Crippen LogP contribution is -2.39. The van der Waals surface area contributed by atoms with Crippen LogP contribution < -0.4 is 16.0 Å². The number of amides is 1. The molecule has 1 aliphatic heterocycles. The van der Waals surface area contributed by atoms with Gasteiger partial charge >= 0.3 is 0 Å². The Morgan fingerprint density at radius 2 is 1.92 bits per heavy atom. The lowest BCUT2D eigenvalue weighted by Gasteiger charge is -2.26. The number of fused-ring (bicyclic) bond motifs is 2. The number of aryl methyl sites for hydroxylation is 2. The van der Waals surface area contributed by atoms with E-state index in [9.17, 15) is 4.79 Å². The van der Waals surface area contributed by atoms with Crippen LogP contribution in [-0.4, -0.2) is 61.4 Å². The van der Waals surface area contributed by atoms with Gasteiger partial charge in [0, 0.05) is 43.0 Å². The van der Waals surface area contributed by atoms with Crippen LogP contribution in [0.25, 0.3) is 10.2 Å². The topological polar surface area (TPSA) is 103 Å². The van der Waals surface area contributed by atoms with E-state index in [0.29, 0.717) is 23.8 Å². The number of pyridine rings is 2. The molecule has 1 aliphatic carbocycles. The number of carbonyl (C=O) groups is 1. The summed E-state index contributed by atoms with van der Waals surface area (Å²) >= 11 is 1.36. The number of nitrogens with one attached hydrogen (secondary N) is 1. The van der Waals surface area contributed by atoms with Crippen LogP contribution in [0, 0.1) is 6.92 Å². The van der Waals surface area contributed by atoms with Crippen LogP contribution in [0.2, 0.25) is 0 Å². The van der Waals surface area contributed by atoms with E-state index in [4.69, 9.17) is 20.2 Å². The van der Waals surface area contributed by atoms with Gasteiger partial charge in [-0.15, -0.1) is 11.3 Å². The minimum Gasteiger partial charge on any atom is -0.397 e. The van der Waals surface area contributed by atoms with Gasteiger partial charge in [-0.3, -0.25) is 4.79 Å². The first-order valence-electron chi connectivity index (χ1n) is 13.8. The summed E-state index contributed by atoms with van der Waals surface area (Å²) < 4.78 is 11.0. The maximum atomic E-state index is 13.0. The third-order valence-corrected chi connectivity index (χ3v) is 7.75. The minimum absolute atomic E-state index is 0.0670. The summed E-state index contributed by atoms with van der Waals surface area (Å²) in [6, 6.07) is 8.18. The van der Waals surface area contributed by atoms with Gasteiger partial charge in [0.2, 0.25) is 0 Å². The molecule has 1 amide bonds. The lowest BCUT2D eigenvalue weighted by atomic mass is 9.91. The van der Waals surface area contributed by atoms with E-state index >= 15 is 0 Å². The van der Waals surface area contributed by atoms with Crippen LogP contribution in [0.3, 0.4) is 0 Å². The monoisotopic (exact) mass is 541 g/mol. The molecule has 4 heterocycles. The maximum Gasteiger partial charge on any atom is 0.263 e. The molecular formula is C29H43N5O3S. The van der Waals surface area contributed by atoms with Crippen LogP contribution >= 0.6 is 11.3 Å². The minimum atomic E-state index is -0.118. The first-order chi connectivity index (χ1) is 18.5. The van der Waals surface area contributed by atoms with Crippen LogP contribution in [0.1, 0.15) is 67.2 Å². The first-order valence-corrected chi connectivity index (χ1v) is 14.6. The van der Waals surface area contributed by atoms with Gasteiger partial charge < -0.3 is 25.4 Å². The molecule has 0 bridgehead atoms. The van der Waals surface area contributed by atoms with Crippen molar-refractivity contribution in [1.29, 1.82) is 0 Å². The summed E-state index contributed by atoms with van der Waals surface area (Å²) in [5, 5.41) is 4.04. The molecule has 0 radical (unpaired) electrons. The predicted molar refractivity (Wildman–Crippen MR) is 157 cm³/mol. The van der Waals surface area contributed by atoms with E-state index in [1.54, 1.807) is 7.11 Å². The zero-order valence-electron chi connectivity index (χ0n) is 23.7. The van der Waals surface area contributed by atoms with E-state index < -0.39 is 0 Å². The Bertz CT molecular complexity index is 1200. The third kappa shape index (κ3) is 7.01. The van der Waals surface area contributed by atoms with Gasteiger partial charge in [0.1, 0.15) is 15.5 Å². The normalized spacial score (nSPS) is 18.2. The number of carbonyl (C=O) groups excluding carboxylic acids is 1. The van der Waals surface area contributed by atoms with Crippen molar-refractivity contribution in [2.24, 2.45) is 0 Å². The van der Waals surface area contributed by atoms with Crippen molar-refractivity contribution >= 4 is 39.0 Å². The fourth-order valence-corrected chi connectivity index (χ4v) is 5.82. The number of anilines is 2. The van der Waals surface area contributed by atoms with Crippen molar-refractivity contribution in [3.8, 4) is 0 Å². The Kier molecular flexibility index (Phi) is 11.3. The highest BCUT2D eigenvalue weighted by molar-refractivity contribution is 7.21. The van der Waals surface area contributed by atoms with Gasteiger partial charge in [-0.25, -0.2) is 9.97 Å². The van der Waals surface area contributed by atoms with Gasteiger partial charge in [-0.2, -0.15) is 0 Å². The molecule has 2 atom stereocenters. The summed E-state index contributed by atoms with van der Waals surface area (Å²) in [6.07, 6.45) is 3.72. The van der Waals surface area contributed by atoms with E-state index in [1.807, 2.05) is 46.8 Å². The number of nitrogens with zero attached hydrogens (tertiary/aromatic N) is 3. The second-order valence-electron chi connectivity index (χ2n) is 9.06. The summed E-state index contributed by atoms with van der Waals surface area (Å²) in [5.41, 5.74) is 10.0. The number of rotatable bonds is 7. The SMILES string of the molecule is CC.CC.COCCOC1CCN(c2ccc3c(n2)CCC(NC(=O)c2sc4nc(C)ccc4c2N)C3)C1. The number of hydrogen-bond acceptors (Lipinski definition) is 8. The Hall–Kier alpha value is -2.75. The summed E-state index contributed by atoms with van der Waals surface area (Å²) in [5.74, 6) is 0.896. The standard InChI is InChI=1S/C25H31N5O3S.2C2H6/c1-15-3-6-19-22(26)23(34-25(19)27-15)24(31)28-17-5-7-20-16(13-17)4-8-21(29-20)30-10-9-18(14-30)33-12-11-32-2;2*1-2/h3-4,6,8,17-18H,5,7,9-14,26H2,1-2H3,(H,28,31);2*1-2H3. The molecule has 9 heteroatoms. The zero-order valence-corrected chi connectivity index (χ0v) is 24.5. The highest BCUT2D eigenvalue weighted by Gasteiger charge is 2.27. The predicted octanol–water partition coefficient (Wildman–Crippen LogP) is 5.16. The van der Waals surface area contributed by atoms with Gasteiger partial charge in [-0.1, -0.05) is 33.8 Å². The summed E-state index contributed by atoms with van der Waals surface area (Å²) in [6.45, 7) is 13.0. The highest BCUT2D eigenvalue weighted by atomic mass is 32.1. The molecule has 0 aromatic carbocycles. The number of nitrogens with two attached hydrogens (primary N) is 1. The Morgan fingerprint density at radius 3 is 2.68 bits per heavy atom. The van der Waals surface area contributed by atoms with Crippen molar-refractivity contribution in [2.45, 2.75) is 72.4 Å². The van der Waals surface area contributed by atoms with E-state index in [1.165, 1.54) is 16.9 Å². The molecule has 8 nitrogen and oxygen atoms in total. The Morgan fingerprint density at radius 1 is 1.13 bits per heavy atom. The average Bonchev–Trinajstić information content (AvgIpc) is 3.55. The van der Waals surface area contributed by atoms with Crippen LogP contribution in [0.15, 0.2) is 24.3 Å². The maximum absolute atomic E-state index is 13.0. The van der Waals surface area contributed by atoms with Crippen LogP contribution in [0.4, 0.5) is 11.5 Å². The Balaban J connectivity index is 0.000000956. The molecule has 2 aliphatic rings. The molecule has 0 spiro atoms. The molecular weight excluding hydrogens is 498 g/mol. The Labute approximate surface area is 230 Å². The fourth-order valence-electron chi connectivity index (χ4n) is 4.78. The molecule has 3 aromatic heterocycles. The molecule has 1 fully saturated rings. The first kappa shape index (κ1) is 29.8. The van der Waals surface area contributed by atoms with E-state index in [2.05, 4.69) is 27.3 Å². The van der Waals surface area contributed by atoms with Gasteiger partial charge in [-0.05, 0) is 56.4 Å². The van der Waals surface area contributed by atoms with Crippen molar-refractivity contribution in [3.05, 3.63) is 46.1 Å². The number of aromatic nitrogens is 2. The zero-order chi connectivity index (χ0) is 27.7. The summed E-state index contributed by atoms with van der Waals surface area (Å²) in [4.78, 5) is 26.1. The van der Waals surface area contributed by atoms with Crippen molar-refractivity contribution in [2.75, 3.05) is 44.0 Å². The lowest BCUT2D eigenvalue weighted by molar-refractivity contribution is 0.0280. The quantitative estimate of drug-likeness (QED) is 0.398. The third-order valence-electron chi connectivity index (χ3n) is 6.63. The van der Waals surface area contributed by atoms with Gasteiger partial charge in [0.25, 0.3) is 5.91 Å². The molecule has 1 saturated heterocycles. The summed E-state index contributed by atoms with van der Waals surface area (Å²) in [7, 11) is 1.69. The van der Waals surface area contributed by atoms with Crippen molar-refractivity contribution in [1.82, 2.24) is 15.3 Å². The average molecular weight is 542 g/mol. The molecule has 0 saturated carbocycles. The molecule has 3 N–H and O–H groups in total. The fraction of sp³-hybridized carbons (Fsp3) is 0.552. The van der Waals surface area contributed by atoms with Gasteiger partial charge in [0.05, 0.1) is 25.0 Å². The molecule has 5 rings (SSSR count). The number of thiophene rings is 1. The molecule has 3 aromatic rings. The molecule has 38 heavy (non-hydrogen) atoms. The van der Waals surface area contributed by atoms with E-state index in [-0.39, 0.29) is 18.1 Å². The van der Waals surface area contributed by atoms with Crippen molar-refractivity contribution < 1.29 is 14.3 Å². The number of hydrogen-bond donors (Lipinski definition) is 2. The number of nitrogen functional groups attached to an aromatic ring is 1. The van der Waals surface area contributed by atoms with Crippen LogP contribution in [0.5, 0.6) is 0 Å².